The number of nitrogens with zero attached hydrogens (tertiary/aromatic N) is 1. The summed E-state index contributed by atoms with van der Waals surface area (Å²) in [4.78, 5) is 13.5. The standard InChI is InChI=1S/C14H20N2O3S/c1-19-14(17)9-11-4-2-5-12(8-11)13-6-3-7-16(10-13)20-15-18/h2,4-5,8,13,15,18H,3,6-7,9-10H2,1H3. The van der Waals surface area contributed by atoms with Crippen molar-refractivity contribution in [1.82, 2.24) is 9.19 Å². The molecule has 1 aromatic rings. The van der Waals surface area contributed by atoms with E-state index >= 15 is 0 Å². The molecule has 110 valence electrons. The summed E-state index contributed by atoms with van der Waals surface area (Å²) in [6.45, 7) is 1.86. The molecule has 0 aliphatic carbocycles. The summed E-state index contributed by atoms with van der Waals surface area (Å²) in [5.41, 5.74) is 2.23. The maximum absolute atomic E-state index is 11.3. The first-order valence-corrected chi connectivity index (χ1v) is 7.47. The molecule has 2 N–H and O–H groups in total. The van der Waals surface area contributed by atoms with Crippen molar-refractivity contribution in [3.05, 3.63) is 35.4 Å². The Labute approximate surface area is 123 Å². The third-order valence-corrected chi connectivity index (χ3v) is 4.22. The number of benzene rings is 1. The molecule has 1 atom stereocenters. The predicted molar refractivity (Wildman–Crippen MR) is 78.2 cm³/mol. The molecule has 20 heavy (non-hydrogen) atoms. The SMILES string of the molecule is COC(=O)Cc1cccc(C2CCCN(SNO)C2)c1. The smallest absolute Gasteiger partial charge is 0.309 e. The summed E-state index contributed by atoms with van der Waals surface area (Å²) in [6.07, 6.45) is 2.54. The van der Waals surface area contributed by atoms with Crippen molar-refractivity contribution in [1.29, 1.82) is 0 Å². The van der Waals surface area contributed by atoms with E-state index in [2.05, 4.69) is 21.3 Å². The van der Waals surface area contributed by atoms with Gasteiger partial charge in [0.15, 0.2) is 0 Å². The number of piperidine rings is 1. The fourth-order valence-corrected chi connectivity index (χ4v) is 3.14. The number of hydrogen-bond acceptors (Lipinski definition) is 6. The third kappa shape index (κ3) is 4.21. The molecule has 1 aromatic carbocycles. The van der Waals surface area contributed by atoms with Crippen LogP contribution >= 0.6 is 12.1 Å². The minimum Gasteiger partial charge on any atom is -0.469 e. The third-order valence-electron chi connectivity index (χ3n) is 3.55. The van der Waals surface area contributed by atoms with Crippen LogP contribution in [0.1, 0.15) is 29.9 Å². The van der Waals surface area contributed by atoms with Crippen molar-refractivity contribution in [3.63, 3.8) is 0 Å². The zero-order chi connectivity index (χ0) is 14.4. The Morgan fingerprint density at radius 3 is 3.20 bits per heavy atom. The van der Waals surface area contributed by atoms with Crippen LogP contribution in [0.2, 0.25) is 0 Å². The first kappa shape index (κ1) is 15.3. The number of hydrogen-bond donors (Lipinski definition) is 2. The van der Waals surface area contributed by atoms with Crippen molar-refractivity contribution in [2.75, 3.05) is 20.2 Å². The molecule has 1 aliphatic rings. The van der Waals surface area contributed by atoms with Gasteiger partial charge in [0.1, 0.15) is 0 Å². The van der Waals surface area contributed by atoms with Gasteiger partial charge in [-0.1, -0.05) is 24.3 Å². The summed E-state index contributed by atoms with van der Waals surface area (Å²) in [5.74, 6) is 0.217. The summed E-state index contributed by atoms with van der Waals surface area (Å²) < 4.78 is 6.81. The van der Waals surface area contributed by atoms with Crippen LogP contribution in [0.25, 0.3) is 0 Å². The fourth-order valence-electron chi connectivity index (χ4n) is 2.55. The van der Waals surface area contributed by atoms with Crippen molar-refractivity contribution in [2.45, 2.75) is 25.2 Å². The first-order chi connectivity index (χ1) is 9.72. The molecule has 1 aliphatic heterocycles. The Morgan fingerprint density at radius 1 is 1.60 bits per heavy atom. The van der Waals surface area contributed by atoms with E-state index in [4.69, 9.17) is 9.94 Å². The quantitative estimate of drug-likeness (QED) is 0.493. The molecule has 0 spiro atoms. The van der Waals surface area contributed by atoms with Crippen LogP contribution in [0, 0.1) is 0 Å². The number of carbonyl (C=O) groups excluding carboxylic acids is 1. The van der Waals surface area contributed by atoms with Crippen molar-refractivity contribution < 1.29 is 14.7 Å². The van der Waals surface area contributed by atoms with E-state index in [9.17, 15) is 4.79 Å². The summed E-state index contributed by atoms with van der Waals surface area (Å²) in [7, 11) is 1.41. The average Bonchev–Trinajstić information content (AvgIpc) is 2.48. The minimum atomic E-state index is -0.215. The Hall–Kier alpha value is -1.08. The van der Waals surface area contributed by atoms with Gasteiger partial charge >= 0.3 is 5.97 Å². The second-order valence-electron chi connectivity index (χ2n) is 4.91. The summed E-state index contributed by atoms with van der Waals surface area (Å²) in [5, 5.41) is 8.77. The number of esters is 1. The predicted octanol–water partition coefficient (Wildman–Crippen LogP) is 2.12. The topological polar surface area (TPSA) is 61.8 Å². The molecule has 2 rings (SSSR count). The fraction of sp³-hybridized carbons (Fsp3) is 0.500. The monoisotopic (exact) mass is 296 g/mol. The molecule has 0 aromatic heterocycles. The normalized spacial score (nSPS) is 19.8. The summed E-state index contributed by atoms with van der Waals surface area (Å²) in [6, 6.07) is 8.13. The van der Waals surface area contributed by atoms with Crippen LogP contribution in [0.5, 0.6) is 0 Å². The van der Waals surface area contributed by atoms with Crippen molar-refractivity contribution in [2.24, 2.45) is 0 Å². The molecule has 5 nitrogen and oxygen atoms in total. The molecule has 0 radical (unpaired) electrons. The highest BCUT2D eigenvalue weighted by Crippen LogP contribution is 2.29. The molecular weight excluding hydrogens is 276 g/mol. The molecular formula is C14H20N2O3S. The van der Waals surface area contributed by atoms with Gasteiger partial charge in [-0.3, -0.25) is 4.79 Å². The van der Waals surface area contributed by atoms with Gasteiger partial charge in [-0.15, -0.1) is 4.89 Å². The lowest BCUT2D eigenvalue weighted by Gasteiger charge is -2.31. The van der Waals surface area contributed by atoms with Gasteiger partial charge in [-0.05, 0) is 29.9 Å². The molecule has 0 bridgehead atoms. The van der Waals surface area contributed by atoms with E-state index in [-0.39, 0.29) is 5.97 Å². The molecule has 1 heterocycles. The van der Waals surface area contributed by atoms with Gasteiger partial charge in [0.05, 0.1) is 13.5 Å². The Morgan fingerprint density at radius 2 is 2.45 bits per heavy atom. The van der Waals surface area contributed by atoms with E-state index in [1.54, 1.807) is 0 Å². The van der Waals surface area contributed by atoms with Crippen LogP contribution < -0.4 is 4.89 Å². The maximum Gasteiger partial charge on any atom is 0.309 e. The van der Waals surface area contributed by atoms with Gasteiger partial charge < -0.3 is 9.94 Å². The van der Waals surface area contributed by atoms with Crippen LogP contribution in [0.4, 0.5) is 0 Å². The maximum atomic E-state index is 11.3. The van der Waals surface area contributed by atoms with Crippen LogP contribution in [0.3, 0.4) is 0 Å². The number of ether oxygens (including phenoxy) is 1. The lowest BCUT2D eigenvalue weighted by molar-refractivity contribution is -0.139. The molecule has 1 unspecified atom stereocenters. The first-order valence-electron chi connectivity index (χ1n) is 6.69. The van der Waals surface area contributed by atoms with E-state index in [1.165, 1.54) is 24.8 Å². The Balaban J connectivity index is 2.04. The lowest BCUT2D eigenvalue weighted by atomic mass is 9.90. The molecule has 0 saturated carbocycles. The Kier molecular flexibility index (Phi) is 5.85. The van der Waals surface area contributed by atoms with E-state index in [0.29, 0.717) is 12.3 Å². The summed E-state index contributed by atoms with van der Waals surface area (Å²) >= 11 is 1.23. The Bertz CT molecular complexity index is 454. The van der Waals surface area contributed by atoms with Gasteiger partial charge in [0.2, 0.25) is 0 Å². The number of nitrogens with one attached hydrogen (secondary N) is 1. The lowest BCUT2D eigenvalue weighted by Crippen LogP contribution is -2.31. The van der Waals surface area contributed by atoms with E-state index in [1.807, 2.05) is 12.1 Å². The molecule has 1 fully saturated rings. The second-order valence-corrected chi connectivity index (χ2v) is 5.79. The zero-order valence-corrected chi connectivity index (χ0v) is 12.4. The van der Waals surface area contributed by atoms with Gasteiger partial charge in [0.25, 0.3) is 0 Å². The highest BCUT2D eigenvalue weighted by molar-refractivity contribution is 7.94. The van der Waals surface area contributed by atoms with Crippen molar-refractivity contribution >= 4 is 18.1 Å². The molecule has 6 heteroatoms. The second kappa shape index (κ2) is 7.64. The number of rotatable bonds is 5. The highest BCUT2D eigenvalue weighted by Gasteiger charge is 2.22. The van der Waals surface area contributed by atoms with Gasteiger partial charge in [-0.2, -0.15) is 0 Å². The average molecular weight is 296 g/mol. The van der Waals surface area contributed by atoms with Crippen LogP contribution in [-0.2, 0) is 16.0 Å². The van der Waals surface area contributed by atoms with Gasteiger partial charge in [-0.25, -0.2) is 4.31 Å². The largest absolute Gasteiger partial charge is 0.469 e. The molecule has 1 saturated heterocycles. The molecule has 0 amide bonds. The zero-order valence-electron chi connectivity index (χ0n) is 11.5. The van der Waals surface area contributed by atoms with Crippen LogP contribution in [0.15, 0.2) is 24.3 Å². The van der Waals surface area contributed by atoms with E-state index in [0.717, 1.165) is 31.5 Å². The number of carbonyl (C=O) groups is 1. The van der Waals surface area contributed by atoms with E-state index < -0.39 is 0 Å². The van der Waals surface area contributed by atoms with Crippen LogP contribution in [-0.4, -0.2) is 35.7 Å². The number of methoxy groups -OCH3 is 1. The minimum absolute atomic E-state index is 0.215. The van der Waals surface area contributed by atoms with Gasteiger partial charge in [0, 0.05) is 25.2 Å². The highest BCUT2D eigenvalue weighted by atomic mass is 32.2. The van der Waals surface area contributed by atoms with Crippen molar-refractivity contribution in [3.8, 4) is 0 Å².